The Balaban J connectivity index is 2.12. The first-order chi connectivity index (χ1) is 14.8. The van der Waals surface area contributed by atoms with Crippen LogP contribution in [0.1, 0.15) is 32.0 Å². The second-order valence-corrected chi connectivity index (χ2v) is 6.48. The summed E-state index contributed by atoms with van der Waals surface area (Å²) in [6.45, 7) is -0.703. The largest absolute Gasteiger partial charge is 0.494 e. The number of carbonyl (C=O) groups is 2. The van der Waals surface area contributed by atoms with E-state index in [1.54, 1.807) is 29.7 Å². The topological polar surface area (TPSA) is 142 Å². The van der Waals surface area contributed by atoms with Gasteiger partial charge in [-0.05, 0) is 37.3 Å². The van der Waals surface area contributed by atoms with Gasteiger partial charge in [0.1, 0.15) is 17.0 Å². The lowest BCUT2D eigenvalue weighted by atomic mass is 10.0. The van der Waals surface area contributed by atoms with Crippen molar-refractivity contribution in [2.45, 2.75) is 13.4 Å². The molecule has 0 saturated heterocycles. The number of nitrogen functional groups attached to an aromatic ring is 1. The summed E-state index contributed by atoms with van der Waals surface area (Å²) in [7, 11) is 2.69. The lowest BCUT2D eigenvalue weighted by molar-refractivity contribution is -0.256. The Morgan fingerprint density at radius 3 is 2.58 bits per heavy atom. The summed E-state index contributed by atoms with van der Waals surface area (Å²) < 4.78 is 21.9. The average Bonchev–Trinajstić information content (AvgIpc) is 3.04. The van der Waals surface area contributed by atoms with E-state index in [2.05, 4.69) is 4.74 Å². The number of aromatic nitrogens is 1. The van der Waals surface area contributed by atoms with E-state index in [0.29, 0.717) is 28.3 Å². The predicted molar refractivity (Wildman–Crippen MR) is 109 cm³/mol. The fourth-order valence-electron chi connectivity index (χ4n) is 3.29. The van der Waals surface area contributed by atoms with Crippen molar-refractivity contribution in [3.05, 3.63) is 58.9 Å². The summed E-state index contributed by atoms with van der Waals surface area (Å²) in [5.74, 6) is -0.329. The normalized spacial score (nSPS) is 11.0. The number of ether oxygens (including phenoxy) is 4. The number of esters is 1. The molecule has 10 nitrogen and oxygen atoms in total. The van der Waals surface area contributed by atoms with Crippen molar-refractivity contribution in [2.75, 3.05) is 26.7 Å². The molecule has 1 aromatic carbocycles. The van der Waals surface area contributed by atoms with Crippen LogP contribution in [0.15, 0.2) is 36.5 Å². The van der Waals surface area contributed by atoms with E-state index < -0.39 is 19.2 Å². The zero-order valence-electron chi connectivity index (χ0n) is 17.1. The van der Waals surface area contributed by atoms with Gasteiger partial charge in [-0.2, -0.15) is 0 Å². The van der Waals surface area contributed by atoms with E-state index in [1.807, 2.05) is 0 Å². The van der Waals surface area contributed by atoms with E-state index >= 15 is 0 Å². The highest BCUT2D eigenvalue weighted by Gasteiger charge is 2.25. The number of ketones is 1. The Morgan fingerprint density at radius 2 is 1.94 bits per heavy atom. The predicted octanol–water partition coefficient (Wildman–Crippen LogP) is 1.48. The van der Waals surface area contributed by atoms with Gasteiger partial charge in [0.05, 0.1) is 19.8 Å². The molecule has 4 N–H and O–H groups in total. The van der Waals surface area contributed by atoms with Gasteiger partial charge in [-0.25, -0.2) is 4.79 Å². The molecule has 0 unspecified atom stereocenters. The van der Waals surface area contributed by atoms with Crippen molar-refractivity contribution in [2.24, 2.45) is 0 Å². The Labute approximate surface area is 177 Å². The minimum absolute atomic E-state index is 0.0857. The number of aliphatic hydroxyl groups is 2. The van der Waals surface area contributed by atoms with Gasteiger partial charge < -0.3 is 34.6 Å². The first-order valence-corrected chi connectivity index (χ1v) is 9.10. The third-order valence-corrected chi connectivity index (χ3v) is 4.68. The van der Waals surface area contributed by atoms with Gasteiger partial charge in [0.25, 0.3) is 6.48 Å². The summed E-state index contributed by atoms with van der Waals surface area (Å²) >= 11 is 0. The lowest BCUT2D eigenvalue weighted by Gasteiger charge is -2.11. The van der Waals surface area contributed by atoms with Crippen LogP contribution in [0.2, 0.25) is 0 Å². The highest BCUT2D eigenvalue weighted by Crippen LogP contribution is 2.37. The zero-order chi connectivity index (χ0) is 22.7. The number of benzene rings is 1. The smallest absolute Gasteiger partial charge is 0.339 e. The van der Waals surface area contributed by atoms with Crippen LogP contribution >= 0.6 is 0 Å². The standard InChI is InChI=1S/C21H22N2O8/c1-11-16(18(24)12-6-7-14(22)13(9-12)20(25)29-3)23-8-4-5-15(17(23)19(11)28-2)30-10-31-21(26)27/h4-9,21,26-27H,10,22H2,1-3H3. The van der Waals surface area contributed by atoms with Crippen molar-refractivity contribution >= 4 is 23.0 Å². The number of anilines is 1. The van der Waals surface area contributed by atoms with Crippen LogP contribution in [0.25, 0.3) is 5.52 Å². The van der Waals surface area contributed by atoms with E-state index in [0.717, 1.165) is 0 Å². The Bertz CT molecular complexity index is 1140. The van der Waals surface area contributed by atoms with Gasteiger partial charge >= 0.3 is 5.97 Å². The lowest BCUT2D eigenvalue weighted by Crippen LogP contribution is -2.14. The Kier molecular flexibility index (Phi) is 6.44. The number of aliphatic hydroxyl groups excluding tert-OH is 1. The van der Waals surface area contributed by atoms with Gasteiger partial charge in [-0.1, -0.05) is 0 Å². The summed E-state index contributed by atoms with van der Waals surface area (Å²) in [5, 5.41) is 17.7. The van der Waals surface area contributed by atoms with Gasteiger partial charge in [0.2, 0.25) is 5.78 Å². The molecule has 2 heterocycles. The molecule has 0 saturated carbocycles. The van der Waals surface area contributed by atoms with Gasteiger partial charge in [-0.3, -0.25) is 9.53 Å². The first kappa shape index (κ1) is 22.1. The number of rotatable bonds is 8. The van der Waals surface area contributed by atoms with Crippen LogP contribution in [-0.4, -0.2) is 53.9 Å². The van der Waals surface area contributed by atoms with Crippen LogP contribution in [0.3, 0.4) is 0 Å². The number of pyridine rings is 1. The Morgan fingerprint density at radius 1 is 1.19 bits per heavy atom. The SMILES string of the molecule is COC(=O)c1cc(C(=O)c2c(C)c(OC)c3c(OCOC(O)O)cccn23)ccc1N. The van der Waals surface area contributed by atoms with Crippen molar-refractivity contribution in [3.8, 4) is 11.5 Å². The molecule has 0 atom stereocenters. The highest BCUT2D eigenvalue weighted by molar-refractivity contribution is 6.12. The second-order valence-electron chi connectivity index (χ2n) is 6.48. The third-order valence-electron chi connectivity index (χ3n) is 4.68. The molecule has 0 amide bonds. The van der Waals surface area contributed by atoms with Crippen LogP contribution in [0.4, 0.5) is 5.69 Å². The molecule has 0 aliphatic heterocycles. The highest BCUT2D eigenvalue weighted by atomic mass is 16.8. The first-order valence-electron chi connectivity index (χ1n) is 9.10. The number of carbonyl (C=O) groups excluding carboxylic acids is 2. The molecule has 0 radical (unpaired) electrons. The average molecular weight is 430 g/mol. The molecule has 0 aliphatic rings. The van der Waals surface area contributed by atoms with Crippen LogP contribution in [0, 0.1) is 6.92 Å². The van der Waals surface area contributed by atoms with Crippen LogP contribution < -0.4 is 15.2 Å². The van der Waals surface area contributed by atoms with E-state index in [1.165, 1.54) is 32.4 Å². The molecule has 10 heteroatoms. The minimum atomic E-state index is -1.98. The zero-order valence-corrected chi connectivity index (χ0v) is 17.1. The summed E-state index contributed by atoms with van der Waals surface area (Å²) in [5.41, 5.74) is 7.64. The van der Waals surface area contributed by atoms with Crippen molar-refractivity contribution in [3.63, 3.8) is 0 Å². The van der Waals surface area contributed by atoms with Crippen molar-refractivity contribution < 1.29 is 38.7 Å². The minimum Gasteiger partial charge on any atom is -0.494 e. The van der Waals surface area contributed by atoms with Crippen molar-refractivity contribution in [1.29, 1.82) is 0 Å². The quantitative estimate of drug-likeness (QED) is 0.210. The Hall–Kier alpha value is -3.60. The van der Waals surface area contributed by atoms with E-state index in [9.17, 15) is 9.59 Å². The number of hydrogen-bond donors (Lipinski definition) is 3. The molecule has 0 fully saturated rings. The molecule has 3 rings (SSSR count). The fourth-order valence-corrected chi connectivity index (χ4v) is 3.29. The second kappa shape index (κ2) is 9.04. The molecule has 3 aromatic rings. The number of nitrogens with two attached hydrogens (primary N) is 1. The third kappa shape index (κ3) is 4.17. The van der Waals surface area contributed by atoms with Gasteiger partial charge in [0, 0.05) is 23.0 Å². The fraction of sp³-hybridized carbons (Fsp3) is 0.238. The monoisotopic (exact) mass is 430 g/mol. The molecular formula is C21H22N2O8. The number of fused-ring (bicyclic) bond motifs is 1. The van der Waals surface area contributed by atoms with Crippen LogP contribution in [0.5, 0.6) is 11.5 Å². The molecular weight excluding hydrogens is 408 g/mol. The molecule has 0 aliphatic carbocycles. The molecule has 164 valence electrons. The number of hydrogen-bond acceptors (Lipinski definition) is 9. The van der Waals surface area contributed by atoms with E-state index in [-0.39, 0.29) is 22.6 Å². The summed E-state index contributed by atoms with van der Waals surface area (Å²) in [6.07, 6.45) is 1.66. The summed E-state index contributed by atoms with van der Waals surface area (Å²) in [4.78, 5) is 25.4. The van der Waals surface area contributed by atoms with Gasteiger partial charge in [0.15, 0.2) is 12.5 Å². The van der Waals surface area contributed by atoms with E-state index in [4.69, 9.17) is 30.2 Å². The molecule has 0 spiro atoms. The maximum atomic E-state index is 13.4. The molecule has 2 aromatic heterocycles. The number of methoxy groups -OCH3 is 2. The molecule has 31 heavy (non-hydrogen) atoms. The number of nitrogens with zero attached hydrogens (tertiary/aromatic N) is 1. The van der Waals surface area contributed by atoms with Crippen LogP contribution in [-0.2, 0) is 9.47 Å². The maximum absolute atomic E-state index is 13.4. The maximum Gasteiger partial charge on any atom is 0.339 e. The summed E-state index contributed by atoms with van der Waals surface area (Å²) in [6, 6.07) is 7.64. The van der Waals surface area contributed by atoms with Gasteiger partial charge in [-0.15, -0.1) is 0 Å². The van der Waals surface area contributed by atoms with Crippen molar-refractivity contribution in [1.82, 2.24) is 4.40 Å². The molecule has 0 bridgehead atoms.